The third kappa shape index (κ3) is 4.63. The van der Waals surface area contributed by atoms with E-state index >= 15 is 0 Å². The maximum absolute atomic E-state index is 12.9. The Morgan fingerprint density at radius 2 is 1.63 bits per heavy atom. The average Bonchev–Trinajstić information content (AvgIpc) is 2.66. The lowest BCUT2D eigenvalue weighted by molar-refractivity contribution is -0.384. The molecule has 0 aliphatic carbocycles. The van der Waals surface area contributed by atoms with E-state index in [1.165, 1.54) is 36.4 Å². The number of nitrogens with zero attached hydrogens (tertiary/aromatic N) is 3. The Morgan fingerprint density at radius 3 is 2.19 bits per heavy atom. The Labute approximate surface area is 153 Å². The van der Waals surface area contributed by atoms with E-state index in [1.54, 1.807) is 6.92 Å². The minimum Gasteiger partial charge on any atom is -0.465 e. The number of benzene rings is 2. The molecule has 0 aliphatic rings. The van der Waals surface area contributed by atoms with Crippen LogP contribution in [-0.4, -0.2) is 34.9 Å². The number of amides is 1. The van der Waals surface area contributed by atoms with Gasteiger partial charge in [0.1, 0.15) is 12.2 Å². The fraction of sp³-hybridized carbons (Fsp3) is 0.176. The number of anilines is 1. The minimum atomic E-state index is -0.745. The maximum atomic E-state index is 12.9. The molecule has 1 amide bonds. The molecule has 2 rings (SSSR count). The van der Waals surface area contributed by atoms with Gasteiger partial charge in [-0.15, -0.1) is 0 Å². The van der Waals surface area contributed by atoms with E-state index in [0.29, 0.717) is 0 Å². The lowest BCUT2D eigenvalue weighted by Crippen LogP contribution is -2.37. The van der Waals surface area contributed by atoms with Gasteiger partial charge < -0.3 is 4.74 Å². The third-order valence-electron chi connectivity index (χ3n) is 3.53. The van der Waals surface area contributed by atoms with Crippen LogP contribution in [0.3, 0.4) is 0 Å². The molecule has 0 fully saturated rings. The minimum absolute atomic E-state index is 0.0306. The van der Waals surface area contributed by atoms with E-state index in [2.05, 4.69) is 0 Å². The van der Waals surface area contributed by atoms with Crippen molar-refractivity contribution in [3.63, 3.8) is 0 Å². The van der Waals surface area contributed by atoms with Crippen molar-refractivity contribution in [3.05, 3.63) is 74.3 Å². The number of ether oxygens (including phenoxy) is 1. The van der Waals surface area contributed by atoms with Crippen molar-refractivity contribution < 1.29 is 24.2 Å². The number of rotatable bonds is 7. The first-order chi connectivity index (χ1) is 12.8. The molecule has 2 aromatic rings. The Balaban J connectivity index is 2.46. The van der Waals surface area contributed by atoms with Gasteiger partial charge in [-0.1, -0.05) is 12.1 Å². The number of hydrogen-bond donors (Lipinski definition) is 0. The average molecular weight is 373 g/mol. The zero-order valence-corrected chi connectivity index (χ0v) is 14.2. The lowest BCUT2D eigenvalue weighted by atomic mass is 10.1. The predicted octanol–water partition coefficient (Wildman–Crippen LogP) is 2.71. The zero-order chi connectivity index (χ0) is 20.0. The first-order valence-electron chi connectivity index (χ1n) is 7.80. The van der Waals surface area contributed by atoms with E-state index in [9.17, 15) is 29.8 Å². The molecule has 0 spiro atoms. The molecule has 27 heavy (non-hydrogen) atoms. The van der Waals surface area contributed by atoms with Crippen LogP contribution in [0, 0.1) is 20.2 Å². The fourth-order valence-corrected chi connectivity index (χ4v) is 2.33. The van der Waals surface area contributed by atoms with Gasteiger partial charge in [0.05, 0.1) is 16.5 Å². The van der Waals surface area contributed by atoms with E-state index in [0.717, 1.165) is 17.0 Å². The number of non-ortho nitro benzene ring substituents is 1. The van der Waals surface area contributed by atoms with Crippen molar-refractivity contribution >= 4 is 28.9 Å². The summed E-state index contributed by atoms with van der Waals surface area (Å²) < 4.78 is 4.84. The van der Waals surface area contributed by atoms with Crippen LogP contribution in [0.1, 0.15) is 17.3 Å². The number of carbonyl (C=O) groups excluding carboxylic acids is 2. The van der Waals surface area contributed by atoms with Crippen LogP contribution in [0.25, 0.3) is 0 Å². The second-order valence-corrected chi connectivity index (χ2v) is 5.25. The van der Waals surface area contributed by atoms with Crippen molar-refractivity contribution in [1.82, 2.24) is 0 Å². The summed E-state index contributed by atoms with van der Waals surface area (Å²) in [7, 11) is 0. The Bertz CT molecular complexity index is 880. The standard InChI is InChI=1S/C17H15N3O7/c1-2-27-16(21)11-18(14-5-3-4-6-15(14)20(25)26)17(22)12-7-9-13(10-8-12)19(23)24/h3-10H,2,11H2,1H3. The highest BCUT2D eigenvalue weighted by Crippen LogP contribution is 2.29. The third-order valence-corrected chi connectivity index (χ3v) is 3.53. The Kier molecular flexibility index (Phi) is 6.15. The largest absolute Gasteiger partial charge is 0.465 e. The van der Waals surface area contributed by atoms with E-state index in [-0.39, 0.29) is 29.2 Å². The van der Waals surface area contributed by atoms with Crippen LogP contribution < -0.4 is 4.90 Å². The second-order valence-electron chi connectivity index (χ2n) is 5.25. The van der Waals surface area contributed by atoms with Crippen molar-refractivity contribution in [3.8, 4) is 0 Å². The van der Waals surface area contributed by atoms with Gasteiger partial charge in [-0.05, 0) is 25.1 Å². The first kappa shape index (κ1) is 19.5. The van der Waals surface area contributed by atoms with Crippen LogP contribution in [0.2, 0.25) is 0 Å². The SMILES string of the molecule is CCOC(=O)CN(C(=O)c1ccc([N+](=O)[O-])cc1)c1ccccc1[N+](=O)[O-]. The molecule has 10 nitrogen and oxygen atoms in total. The smallest absolute Gasteiger partial charge is 0.326 e. The van der Waals surface area contributed by atoms with Crippen molar-refractivity contribution in [2.45, 2.75) is 6.92 Å². The van der Waals surface area contributed by atoms with Gasteiger partial charge in [-0.25, -0.2) is 0 Å². The molecule has 0 atom stereocenters. The molecule has 0 unspecified atom stereocenters. The fourth-order valence-electron chi connectivity index (χ4n) is 2.33. The monoisotopic (exact) mass is 373 g/mol. The highest BCUT2D eigenvalue weighted by molar-refractivity contribution is 6.09. The summed E-state index contributed by atoms with van der Waals surface area (Å²) in [4.78, 5) is 46.4. The van der Waals surface area contributed by atoms with E-state index in [4.69, 9.17) is 4.74 Å². The number of carbonyl (C=O) groups is 2. The molecule has 0 saturated carbocycles. The van der Waals surface area contributed by atoms with Gasteiger partial charge in [-0.3, -0.25) is 34.7 Å². The molecule has 0 radical (unpaired) electrons. The molecule has 0 aromatic heterocycles. The second kappa shape index (κ2) is 8.52. The molecular weight excluding hydrogens is 358 g/mol. The van der Waals surface area contributed by atoms with Gasteiger partial charge in [0.2, 0.25) is 0 Å². The summed E-state index contributed by atoms with van der Waals surface area (Å²) >= 11 is 0. The van der Waals surface area contributed by atoms with Crippen LogP contribution >= 0.6 is 0 Å². The molecule has 0 N–H and O–H groups in total. The Morgan fingerprint density at radius 1 is 1.00 bits per heavy atom. The van der Waals surface area contributed by atoms with E-state index in [1.807, 2.05) is 0 Å². The molecule has 0 aliphatic heterocycles. The van der Waals surface area contributed by atoms with Gasteiger partial charge in [-0.2, -0.15) is 0 Å². The molecule has 0 heterocycles. The van der Waals surface area contributed by atoms with E-state index < -0.39 is 28.3 Å². The molecule has 140 valence electrons. The summed E-state index contributed by atoms with van der Waals surface area (Å²) in [5.41, 5.74) is -0.631. The van der Waals surface area contributed by atoms with Crippen molar-refractivity contribution in [2.24, 2.45) is 0 Å². The normalized spacial score (nSPS) is 10.1. The van der Waals surface area contributed by atoms with Crippen molar-refractivity contribution in [2.75, 3.05) is 18.1 Å². The number of hydrogen-bond acceptors (Lipinski definition) is 7. The molecule has 10 heteroatoms. The Hall–Kier alpha value is -3.82. The maximum Gasteiger partial charge on any atom is 0.326 e. The molecule has 0 saturated heterocycles. The summed E-state index contributed by atoms with van der Waals surface area (Å²) in [6.45, 7) is 1.12. The van der Waals surface area contributed by atoms with Crippen LogP contribution in [0.15, 0.2) is 48.5 Å². The van der Waals surface area contributed by atoms with Gasteiger partial charge in [0.25, 0.3) is 17.3 Å². The summed E-state index contributed by atoms with van der Waals surface area (Å²) in [5.74, 6) is -1.47. The topological polar surface area (TPSA) is 133 Å². The lowest BCUT2D eigenvalue weighted by Gasteiger charge is -2.21. The van der Waals surface area contributed by atoms with Crippen LogP contribution in [0.4, 0.5) is 17.1 Å². The summed E-state index contributed by atoms with van der Waals surface area (Å²) in [6, 6.07) is 10.2. The highest BCUT2D eigenvalue weighted by Gasteiger charge is 2.27. The van der Waals surface area contributed by atoms with Gasteiger partial charge in [0.15, 0.2) is 0 Å². The van der Waals surface area contributed by atoms with Crippen LogP contribution in [0.5, 0.6) is 0 Å². The predicted molar refractivity (Wildman–Crippen MR) is 94.5 cm³/mol. The molecule has 0 bridgehead atoms. The summed E-state index contributed by atoms with van der Waals surface area (Å²) in [5, 5.41) is 22.0. The van der Waals surface area contributed by atoms with Gasteiger partial charge >= 0.3 is 5.97 Å². The van der Waals surface area contributed by atoms with Crippen molar-refractivity contribution in [1.29, 1.82) is 0 Å². The van der Waals surface area contributed by atoms with Gasteiger partial charge in [0, 0.05) is 23.8 Å². The highest BCUT2D eigenvalue weighted by atomic mass is 16.6. The summed E-state index contributed by atoms with van der Waals surface area (Å²) in [6.07, 6.45) is 0. The zero-order valence-electron chi connectivity index (χ0n) is 14.2. The van der Waals surface area contributed by atoms with Crippen LogP contribution in [-0.2, 0) is 9.53 Å². The number of para-hydroxylation sites is 2. The molecular formula is C17H15N3O7. The quantitative estimate of drug-likeness (QED) is 0.414. The number of nitro benzene ring substituents is 2. The molecule has 2 aromatic carbocycles. The number of esters is 1. The first-order valence-corrected chi connectivity index (χ1v) is 7.80. The number of nitro groups is 2.